The number of carbonyl (C=O) groups is 1. The molecule has 2 N–H and O–H groups in total. The molecule has 1 aliphatic heterocycles. The minimum atomic E-state index is -0.187. The Morgan fingerprint density at radius 3 is 2.79 bits per heavy atom. The van der Waals surface area contributed by atoms with E-state index >= 15 is 0 Å². The van der Waals surface area contributed by atoms with E-state index in [0.717, 1.165) is 43.7 Å². The van der Waals surface area contributed by atoms with Gasteiger partial charge in [-0.2, -0.15) is 0 Å². The molecule has 24 heavy (non-hydrogen) atoms. The predicted molar refractivity (Wildman–Crippen MR) is 93.3 cm³/mol. The van der Waals surface area contributed by atoms with Gasteiger partial charge in [0, 0.05) is 31.4 Å². The van der Waals surface area contributed by atoms with Crippen molar-refractivity contribution in [3.05, 3.63) is 60.1 Å². The van der Waals surface area contributed by atoms with Crippen molar-refractivity contribution in [3.8, 4) is 0 Å². The van der Waals surface area contributed by atoms with Gasteiger partial charge in [0.15, 0.2) is 0 Å². The van der Waals surface area contributed by atoms with Gasteiger partial charge in [0.05, 0.1) is 12.4 Å². The smallest absolute Gasteiger partial charge is 0.248 e. The molecule has 0 atom stereocenters. The number of aliphatic hydroxyl groups is 1. The maximum Gasteiger partial charge on any atom is 0.248 e. The number of nitrogens with one attached hydrogen (secondary N) is 1. The lowest BCUT2D eigenvalue weighted by atomic mass is 10.1. The number of furan rings is 1. The highest BCUT2D eigenvalue weighted by Crippen LogP contribution is 2.20. The number of likely N-dealkylation sites (tertiary alicyclic amines) is 1. The molecule has 1 saturated heterocycles. The molecular formula is C19H22N2O3. The van der Waals surface area contributed by atoms with Crippen LogP contribution in [0, 0.1) is 0 Å². The number of carbonyl (C=O) groups excluding carboxylic acids is 1. The minimum absolute atomic E-state index is 0.178. The first-order valence-electron chi connectivity index (χ1n) is 8.21. The Morgan fingerprint density at radius 1 is 1.25 bits per heavy atom. The van der Waals surface area contributed by atoms with Gasteiger partial charge in [-0.3, -0.25) is 9.69 Å². The summed E-state index contributed by atoms with van der Waals surface area (Å²) < 4.78 is 5.17. The van der Waals surface area contributed by atoms with Crippen LogP contribution in [0.4, 0.5) is 5.69 Å². The van der Waals surface area contributed by atoms with Crippen LogP contribution in [-0.4, -0.2) is 35.1 Å². The highest BCUT2D eigenvalue weighted by Gasteiger charge is 2.18. The van der Waals surface area contributed by atoms with Gasteiger partial charge < -0.3 is 14.8 Å². The van der Waals surface area contributed by atoms with Crippen molar-refractivity contribution in [1.82, 2.24) is 4.90 Å². The Balaban J connectivity index is 1.62. The van der Waals surface area contributed by atoms with Gasteiger partial charge in [0.25, 0.3) is 0 Å². The van der Waals surface area contributed by atoms with Crippen LogP contribution in [0.1, 0.15) is 24.2 Å². The van der Waals surface area contributed by atoms with Gasteiger partial charge in [0.1, 0.15) is 5.76 Å². The second kappa shape index (κ2) is 7.95. The third kappa shape index (κ3) is 4.57. The van der Waals surface area contributed by atoms with Crippen molar-refractivity contribution in [2.45, 2.75) is 25.5 Å². The summed E-state index contributed by atoms with van der Waals surface area (Å²) in [6, 6.07) is 11.4. The summed E-state index contributed by atoms with van der Waals surface area (Å²) in [6.07, 6.45) is 6.11. The number of rotatable bonds is 5. The quantitative estimate of drug-likeness (QED) is 0.829. The first-order valence-corrected chi connectivity index (χ1v) is 8.21. The van der Waals surface area contributed by atoms with E-state index in [1.165, 1.54) is 6.08 Å². The first-order chi connectivity index (χ1) is 11.7. The van der Waals surface area contributed by atoms with Crippen molar-refractivity contribution < 1.29 is 14.3 Å². The zero-order chi connectivity index (χ0) is 16.8. The largest absolute Gasteiger partial charge is 0.465 e. The monoisotopic (exact) mass is 326 g/mol. The lowest BCUT2D eigenvalue weighted by Crippen LogP contribution is -2.35. The summed E-state index contributed by atoms with van der Waals surface area (Å²) in [4.78, 5) is 14.4. The fourth-order valence-corrected chi connectivity index (χ4v) is 2.82. The summed E-state index contributed by atoms with van der Waals surface area (Å²) in [5, 5.41) is 12.5. The number of amides is 1. The molecule has 5 nitrogen and oxygen atoms in total. The van der Waals surface area contributed by atoms with Gasteiger partial charge in [0.2, 0.25) is 5.91 Å². The maximum absolute atomic E-state index is 12.1. The number of hydrogen-bond acceptors (Lipinski definition) is 4. The highest BCUT2D eigenvalue weighted by molar-refractivity contribution is 6.02. The minimum Gasteiger partial charge on any atom is -0.465 e. The summed E-state index contributed by atoms with van der Waals surface area (Å²) in [7, 11) is 0. The Labute approximate surface area is 141 Å². The molecule has 2 aromatic rings. The third-order valence-electron chi connectivity index (χ3n) is 4.17. The number of hydrogen-bond donors (Lipinski definition) is 2. The number of para-hydroxylation sites is 1. The third-order valence-corrected chi connectivity index (χ3v) is 4.17. The molecule has 0 bridgehead atoms. The van der Waals surface area contributed by atoms with E-state index in [9.17, 15) is 9.90 Å². The number of aliphatic hydroxyl groups excluding tert-OH is 1. The molecule has 1 aromatic heterocycles. The number of anilines is 1. The topological polar surface area (TPSA) is 65.7 Å². The van der Waals surface area contributed by atoms with Crippen LogP contribution in [0.3, 0.4) is 0 Å². The summed E-state index contributed by atoms with van der Waals surface area (Å²) in [5.74, 6) is 0.457. The van der Waals surface area contributed by atoms with Crippen LogP contribution in [0.2, 0.25) is 0 Å². The van der Waals surface area contributed by atoms with E-state index in [1.807, 2.05) is 24.3 Å². The average Bonchev–Trinajstić information content (AvgIpc) is 3.10. The van der Waals surface area contributed by atoms with Crippen LogP contribution in [0.5, 0.6) is 0 Å². The fourth-order valence-electron chi connectivity index (χ4n) is 2.82. The second-order valence-electron chi connectivity index (χ2n) is 6.00. The van der Waals surface area contributed by atoms with E-state index in [-0.39, 0.29) is 12.0 Å². The lowest BCUT2D eigenvalue weighted by Gasteiger charge is -2.30. The maximum atomic E-state index is 12.1. The van der Waals surface area contributed by atoms with E-state index in [2.05, 4.69) is 10.2 Å². The van der Waals surface area contributed by atoms with Crippen LogP contribution in [-0.2, 0) is 11.3 Å². The molecule has 1 aromatic carbocycles. The number of piperidine rings is 1. The summed E-state index contributed by atoms with van der Waals surface area (Å²) in [5.41, 5.74) is 1.89. The van der Waals surface area contributed by atoms with Crippen molar-refractivity contribution in [2.75, 3.05) is 18.4 Å². The Hall–Kier alpha value is -2.37. The zero-order valence-electron chi connectivity index (χ0n) is 13.5. The van der Waals surface area contributed by atoms with Gasteiger partial charge in [-0.1, -0.05) is 18.2 Å². The zero-order valence-corrected chi connectivity index (χ0v) is 13.5. The molecule has 0 aliphatic carbocycles. The molecule has 0 saturated carbocycles. The molecule has 0 unspecified atom stereocenters. The standard InChI is InChI=1S/C19H22N2O3/c22-16-9-11-21(12-10-16)14-15-4-1-2-6-18(15)20-19(23)8-7-17-5-3-13-24-17/h1-8,13,16,22H,9-12,14H2,(H,20,23)/b8-7+. The normalized spacial score (nSPS) is 16.5. The average molecular weight is 326 g/mol. The molecule has 0 radical (unpaired) electrons. The highest BCUT2D eigenvalue weighted by atomic mass is 16.3. The van der Waals surface area contributed by atoms with E-state index in [1.54, 1.807) is 24.5 Å². The van der Waals surface area contributed by atoms with Gasteiger partial charge >= 0.3 is 0 Å². The molecule has 1 amide bonds. The van der Waals surface area contributed by atoms with Gasteiger partial charge in [-0.25, -0.2) is 0 Å². The van der Waals surface area contributed by atoms with E-state index in [0.29, 0.717) is 5.76 Å². The molecule has 1 aliphatic rings. The Morgan fingerprint density at radius 2 is 2.04 bits per heavy atom. The predicted octanol–water partition coefficient (Wildman–Crippen LogP) is 2.89. The van der Waals surface area contributed by atoms with Crippen molar-refractivity contribution in [3.63, 3.8) is 0 Å². The van der Waals surface area contributed by atoms with Gasteiger partial charge in [-0.15, -0.1) is 0 Å². The van der Waals surface area contributed by atoms with Crippen molar-refractivity contribution >= 4 is 17.7 Å². The van der Waals surface area contributed by atoms with Crippen LogP contribution >= 0.6 is 0 Å². The molecule has 0 spiro atoms. The van der Waals surface area contributed by atoms with E-state index in [4.69, 9.17) is 4.42 Å². The molecule has 126 valence electrons. The number of benzene rings is 1. The van der Waals surface area contributed by atoms with Crippen LogP contribution in [0.25, 0.3) is 6.08 Å². The van der Waals surface area contributed by atoms with E-state index < -0.39 is 0 Å². The molecule has 2 heterocycles. The second-order valence-corrected chi connectivity index (χ2v) is 6.00. The first kappa shape index (κ1) is 16.5. The SMILES string of the molecule is O=C(/C=C/c1ccco1)Nc1ccccc1CN1CCC(O)CC1. The van der Waals surface area contributed by atoms with Crippen LogP contribution in [0.15, 0.2) is 53.2 Å². The van der Waals surface area contributed by atoms with Gasteiger partial charge in [-0.05, 0) is 42.7 Å². The Kier molecular flexibility index (Phi) is 5.46. The molecule has 1 fully saturated rings. The fraction of sp³-hybridized carbons (Fsp3) is 0.316. The lowest BCUT2D eigenvalue weighted by molar-refractivity contribution is -0.111. The number of nitrogens with zero attached hydrogens (tertiary/aromatic N) is 1. The van der Waals surface area contributed by atoms with Crippen molar-refractivity contribution in [2.24, 2.45) is 0 Å². The van der Waals surface area contributed by atoms with Crippen molar-refractivity contribution in [1.29, 1.82) is 0 Å². The Bertz CT molecular complexity index is 686. The summed E-state index contributed by atoms with van der Waals surface area (Å²) >= 11 is 0. The van der Waals surface area contributed by atoms with Crippen LogP contribution < -0.4 is 5.32 Å². The molecule has 5 heteroatoms. The molecular weight excluding hydrogens is 304 g/mol. The summed E-state index contributed by atoms with van der Waals surface area (Å²) in [6.45, 7) is 2.52. The molecule has 3 rings (SSSR count).